The SMILES string of the molecule is Cc1ccc(C2C(C)CCCN2CCCC(=O)O)cc1.Cl. The fourth-order valence-corrected chi connectivity index (χ4v) is 3.26. The lowest BCUT2D eigenvalue weighted by Gasteiger charge is -2.40. The number of carboxylic acids is 1. The number of piperidine rings is 1. The predicted octanol–water partition coefficient (Wildman–Crippen LogP) is 4.05. The van der Waals surface area contributed by atoms with Crippen molar-refractivity contribution in [3.63, 3.8) is 0 Å². The summed E-state index contributed by atoms with van der Waals surface area (Å²) in [6.45, 7) is 6.39. The van der Waals surface area contributed by atoms with E-state index in [1.807, 2.05) is 0 Å². The Balaban J connectivity index is 0.00000220. The highest BCUT2D eigenvalue weighted by Crippen LogP contribution is 2.35. The normalized spacial score (nSPS) is 22.6. The number of hydrogen-bond donors (Lipinski definition) is 1. The first-order valence-corrected chi connectivity index (χ1v) is 7.60. The van der Waals surface area contributed by atoms with Crippen molar-refractivity contribution in [2.45, 2.75) is 45.6 Å². The summed E-state index contributed by atoms with van der Waals surface area (Å²) < 4.78 is 0. The van der Waals surface area contributed by atoms with Crippen LogP contribution in [0.15, 0.2) is 24.3 Å². The molecule has 2 atom stereocenters. The fourth-order valence-electron chi connectivity index (χ4n) is 3.26. The Morgan fingerprint density at radius 2 is 2.00 bits per heavy atom. The number of carbonyl (C=O) groups is 1. The van der Waals surface area contributed by atoms with Crippen molar-refractivity contribution in [1.29, 1.82) is 0 Å². The summed E-state index contributed by atoms with van der Waals surface area (Å²) in [5.41, 5.74) is 2.66. The Kier molecular flexibility index (Phi) is 7.20. The summed E-state index contributed by atoms with van der Waals surface area (Å²) in [5.74, 6) is -0.0572. The van der Waals surface area contributed by atoms with E-state index in [-0.39, 0.29) is 18.8 Å². The van der Waals surface area contributed by atoms with Crippen molar-refractivity contribution in [2.75, 3.05) is 13.1 Å². The molecule has 0 saturated carbocycles. The Morgan fingerprint density at radius 1 is 1.33 bits per heavy atom. The molecule has 118 valence electrons. The van der Waals surface area contributed by atoms with Gasteiger partial charge in [-0.2, -0.15) is 0 Å². The van der Waals surface area contributed by atoms with Crippen LogP contribution < -0.4 is 0 Å². The second kappa shape index (κ2) is 8.40. The van der Waals surface area contributed by atoms with Gasteiger partial charge in [0.2, 0.25) is 0 Å². The van der Waals surface area contributed by atoms with Gasteiger partial charge >= 0.3 is 5.97 Å². The summed E-state index contributed by atoms with van der Waals surface area (Å²) in [6.07, 6.45) is 3.49. The minimum absolute atomic E-state index is 0. The molecule has 4 heteroatoms. The van der Waals surface area contributed by atoms with Gasteiger partial charge in [0.1, 0.15) is 0 Å². The van der Waals surface area contributed by atoms with Crippen LogP contribution in [-0.2, 0) is 4.79 Å². The van der Waals surface area contributed by atoms with E-state index >= 15 is 0 Å². The van der Waals surface area contributed by atoms with Crippen LogP contribution in [0.1, 0.15) is 49.8 Å². The van der Waals surface area contributed by atoms with Crippen LogP contribution in [0, 0.1) is 12.8 Å². The average molecular weight is 312 g/mol. The van der Waals surface area contributed by atoms with E-state index in [2.05, 4.69) is 43.0 Å². The minimum Gasteiger partial charge on any atom is -0.481 e. The zero-order valence-corrected chi connectivity index (χ0v) is 13.7. The fraction of sp³-hybridized carbons (Fsp3) is 0.588. The van der Waals surface area contributed by atoms with E-state index in [9.17, 15) is 4.79 Å². The Hall–Kier alpha value is -1.06. The van der Waals surface area contributed by atoms with Crippen molar-refractivity contribution in [1.82, 2.24) is 4.90 Å². The number of aliphatic carboxylic acids is 1. The number of aryl methyl sites for hydroxylation is 1. The molecule has 1 heterocycles. The summed E-state index contributed by atoms with van der Waals surface area (Å²) in [6, 6.07) is 9.24. The van der Waals surface area contributed by atoms with Crippen molar-refractivity contribution in [2.24, 2.45) is 5.92 Å². The van der Waals surface area contributed by atoms with Gasteiger partial charge in [0.25, 0.3) is 0 Å². The van der Waals surface area contributed by atoms with E-state index in [0.29, 0.717) is 12.0 Å². The maximum absolute atomic E-state index is 10.7. The van der Waals surface area contributed by atoms with Gasteiger partial charge in [-0.15, -0.1) is 12.4 Å². The molecule has 2 rings (SSSR count). The molecule has 21 heavy (non-hydrogen) atoms. The first kappa shape index (κ1) is 18.0. The van der Waals surface area contributed by atoms with Crippen LogP contribution >= 0.6 is 12.4 Å². The van der Waals surface area contributed by atoms with E-state index in [1.165, 1.54) is 24.0 Å². The monoisotopic (exact) mass is 311 g/mol. The molecule has 3 nitrogen and oxygen atoms in total. The second-order valence-corrected chi connectivity index (χ2v) is 6.01. The van der Waals surface area contributed by atoms with Gasteiger partial charge in [-0.25, -0.2) is 0 Å². The van der Waals surface area contributed by atoms with E-state index in [4.69, 9.17) is 5.11 Å². The molecule has 1 N–H and O–H groups in total. The zero-order chi connectivity index (χ0) is 14.5. The number of carboxylic acid groups (broad SMARTS) is 1. The van der Waals surface area contributed by atoms with Crippen molar-refractivity contribution in [3.8, 4) is 0 Å². The Morgan fingerprint density at radius 3 is 2.62 bits per heavy atom. The standard InChI is InChI=1S/C17H25NO2.ClH/c1-13-7-9-15(10-8-13)17-14(2)5-3-11-18(17)12-4-6-16(19)20;/h7-10,14,17H,3-6,11-12H2,1-2H3,(H,19,20);1H. The summed E-state index contributed by atoms with van der Waals surface area (Å²) >= 11 is 0. The summed E-state index contributed by atoms with van der Waals surface area (Å²) in [4.78, 5) is 13.1. The van der Waals surface area contributed by atoms with E-state index in [0.717, 1.165) is 19.5 Å². The van der Waals surface area contributed by atoms with E-state index < -0.39 is 5.97 Å². The van der Waals surface area contributed by atoms with Crippen LogP contribution in [0.3, 0.4) is 0 Å². The first-order valence-electron chi connectivity index (χ1n) is 7.60. The quantitative estimate of drug-likeness (QED) is 0.891. The van der Waals surface area contributed by atoms with Crippen molar-refractivity contribution < 1.29 is 9.90 Å². The molecule has 1 aliphatic rings. The molecule has 1 saturated heterocycles. The van der Waals surface area contributed by atoms with Gasteiger partial charge in [-0.1, -0.05) is 36.8 Å². The molecule has 1 aromatic carbocycles. The molecule has 0 radical (unpaired) electrons. The van der Waals surface area contributed by atoms with Gasteiger partial charge in [0.05, 0.1) is 0 Å². The molecule has 1 fully saturated rings. The predicted molar refractivity (Wildman–Crippen MR) is 88.0 cm³/mol. The van der Waals surface area contributed by atoms with Gasteiger partial charge in [0, 0.05) is 12.5 Å². The number of hydrogen-bond acceptors (Lipinski definition) is 2. The topological polar surface area (TPSA) is 40.5 Å². The molecule has 0 spiro atoms. The number of benzene rings is 1. The average Bonchev–Trinajstić information content (AvgIpc) is 2.40. The molecule has 2 unspecified atom stereocenters. The highest BCUT2D eigenvalue weighted by atomic mass is 35.5. The van der Waals surface area contributed by atoms with E-state index in [1.54, 1.807) is 0 Å². The van der Waals surface area contributed by atoms with Crippen molar-refractivity contribution >= 4 is 18.4 Å². The van der Waals surface area contributed by atoms with Gasteiger partial charge in [-0.05, 0) is 50.8 Å². The van der Waals surface area contributed by atoms with Gasteiger partial charge in [0.15, 0.2) is 0 Å². The third-order valence-corrected chi connectivity index (χ3v) is 4.29. The highest BCUT2D eigenvalue weighted by Gasteiger charge is 2.29. The Bertz CT molecular complexity index is 447. The third kappa shape index (κ3) is 5.01. The van der Waals surface area contributed by atoms with Crippen LogP contribution in [0.4, 0.5) is 0 Å². The smallest absolute Gasteiger partial charge is 0.303 e. The molecule has 1 aromatic rings. The second-order valence-electron chi connectivity index (χ2n) is 6.01. The molecule has 0 aromatic heterocycles. The number of nitrogens with zero attached hydrogens (tertiary/aromatic N) is 1. The van der Waals surface area contributed by atoms with Crippen LogP contribution in [0.25, 0.3) is 0 Å². The van der Waals surface area contributed by atoms with Crippen LogP contribution in [-0.4, -0.2) is 29.1 Å². The largest absolute Gasteiger partial charge is 0.481 e. The molecular formula is C17H26ClNO2. The van der Waals surface area contributed by atoms with Crippen LogP contribution in [0.5, 0.6) is 0 Å². The molecule has 1 aliphatic heterocycles. The van der Waals surface area contributed by atoms with Gasteiger partial charge < -0.3 is 5.11 Å². The summed E-state index contributed by atoms with van der Waals surface area (Å²) in [5, 5.41) is 8.79. The maximum atomic E-state index is 10.7. The van der Waals surface area contributed by atoms with Crippen molar-refractivity contribution in [3.05, 3.63) is 35.4 Å². The third-order valence-electron chi connectivity index (χ3n) is 4.29. The van der Waals surface area contributed by atoms with Gasteiger partial charge in [-0.3, -0.25) is 9.69 Å². The summed E-state index contributed by atoms with van der Waals surface area (Å²) in [7, 11) is 0. The molecule has 0 bridgehead atoms. The Labute approximate surface area is 133 Å². The first-order chi connectivity index (χ1) is 9.58. The molecule has 0 aliphatic carbocycles. The number of halogens is 1. The van der Waals surface area contributed by atoms with Crippen LogP contribution in [0.2, 0.25) is 0 Å². The minimum atomic E-state index is -0.693. The lowest BCUT2D eigenvalue weighted by molar-refractivity contribution is -0.137. The zero-order valence-electron chi connectivity index (χ0n) is 12.9. The molecular weight excluding hydrogens is 286 g/mol. The number of likely N-dealkylation sites (tertiary alicyclic amines) is 1. The highest BCUT2D eigenvalue weighted by molar-refractivity contribution is 5.85. The number of rotatable bonds is 5. The lowest BCUT2D eigenvalue weighted by Crippen LogP contribution is -2.38. The molecule has 0 amide bonds. The maximum Gasteiger partial charge on any atom is 0.303 e. The lowest BCUT2D eigenvalue weighted by atomic mass is 9.85.